The Morgan fingerprint density at radius 3 is 2.58 bits per heavy atom. The number of rotatable bonds is 5. The van der Waals surface area contributed by atoms with Gasteiger partial charge in [0.1, 0.15) is 6.04 Å². The summed E-state index contributed by atoms with van der Waals surface area (Å²) in [6.07, 6.45) is 0.185. The molecule has 70 valence electrons. The zero-order valence-corrected chi connectivity index (χ0v) is 7.90. The third-order valence-corrected chi connectivity index (χ3v) is 1.63. The lowest BCUT2D eigenvalue weighted by molar-refractivity contribution is -0.138. The van der Waals surface area contributed by atoms with Gasteiger partial charge in [-0.1, -0.05) is 0 Å². The van der Waals surface area contributed by atoms with Crippen molar-refractivity contribution in [3.05, 3.63) is 0 Å². The Kier molecular flexibility index (Phi) is 5.58. The molecule has 0 amide bonds. The van der Waals surface area contributed by atoms with E-state index in [1.165, 1.54) is 0 Å². The molecule has 0 aromatic heterocycles. The summed E-state index contributed by atoms with van der Waals surface area (Å²) in [5.41, 5.74) is 0. The molecule has 0 bridgehead atoms. The molecule has 12 heavy (non-hydrogen) atoms. The van der Waals surface area contributed by atoms with Crippen molar-refractivity contribution in [1.29, 1.82) is 0 Å². The van der Waals surface area contributed by atoms with Crippen LogP contribution in [0.15, 0.2) is 0 Å². The van der Waals surface area contributed by atoms with E-state index in [0.717, 1.165) is 0 Å². The molecule has 0 rings (SSSR count). The third-order valence-electron chi connectivity index (χ3n) is 1.40. The number of carboxylic acids is 1. The summed E-state index contributed by atoms with van der Waals surface area (Å²) < 4.78 is 4.36. The zero-order valence-electron chi connectivity index (χ0n) is 6.74. The number of carboxylic acid groups (broad SMARTS) is 1. The van der Waals surface area contributed by atoms with Gasteiger partial charge in [-0.3, -0.25) is 9.59 Å². The highest BCUT2D eigenvalue weighted by atomic mass is 31.0. The van der Waals surface area contributed by atoms with Crippen LogP contribution >= 0.6 is 9.47 Å². The second kappa shape index (κ2) is 5.91. The van der Waals surface area contributed by atoms with E-state index in [4.69, 9.17) is 5.11 Å². The van der Waals surface area contributed by atoms with Gasteiger partial charge in [0.15, 0.2) is 0 Å². The van der Waals surface area contributed by atoms with E-state index in [1.54, 1.807) is 7.05 Å². The Labute approximate surface area is 72.8 Å². The van der Waals surface area contributed by atoms with Gasteiger partial charge in [0.25, 0.3) is 0 Å². The topological polar surface area (TPSA) is 75.6 Å². The van der Waals surface area contributed by atoms with E-state index in [-0.39, 0.29) is 12.8 Å². The number of aliphatic carboxylic acids is 1. The van der Waals surface area contributed by atoms with Crippen LogP contribution in [0.3, 0.4) is 0 Å². The van der Waals surface area contributed by atoms with E-state index >= 15 is 0 Å². The molecule has 0 saturated carbocycles. The first kappa shape index (κ1) is 11.3. The van der Waals surface area contributed by atoms with Crippen molar-refractivity contribution >= 4 is 21.4 Å². The summed E-state index contributed by atoms with van der Waals surface area (Å²) in [6, 6.07) is -0.543. The largest absolute Gasteiger partial charge is 0.481 e. The maximum atomic E-state index is 10.9. The number of hydrogen-bond donors (Lipinski definition) is 2. The predicted molar refractivity (Wildman–Crippen MR) is 45.5 cm³/mol. The SMILES string of the molecule is CNC(CCC(=O)O)C(=O)OP. The van der Waals surface area contributed by atoms with E-state index in [9.17, 15) is 9.59 Å². The number of carbonyl (C=O) groups is 2. The van der Waals surface area contributed by atoms with Crippen LogP contribution in [0.5, 0.6) is 0 Å². The second-order valence-electron chi connectivity index (χ2n) is 2.21. The van der Waals surface area contributed by atoms with Crippen LogP contribution in [-0.2, 0) is 14.1 Å². The molecule has 6 heteroatoms. The molecule has 0 heterocycles. The molecule has 0 aromatic carbocycles. The molecule has 0 aromatic rings. The fourth-order valence-electron chi connectivity index (χ4n) is 0.730. The number of nitrogens with one attached hydrogen (secondary N) is 1. The van der Waals surface area contributed by atoms with Crippen molar-refractivity contribution in [3.63, 3.8) is 0 Å². The van der Waals surface area contributed by atoms with Crippen LogP contribution in [0, 0.1) is 0 Å². The molecule has 2 unspecified atom stereocenters. The van der Waals surface area contributed by atoms with Gasteiger partial charge in [0.05, 0.1) is 9.47 Å². The van der Waals surface area contributed by atoms with Crippen molar-refractivity contribution in [2.45, 2.75) is 18.9 Å². The maximum absolute atomic E-state index is 10.9. The highest BCUT2D eigenvalue weighted by Crippen LogP contribution is 2.01. The summed E-state index contributed by atoms with van der Waals surface area (Å²) >= 11 is 0. The number of carbonyl (C=O) groups excluding carboxylic acids is 1. The third kappa shape index (κ3) is 4.26. The van der Waals surface area contributed by atoms with Crippen molar-refractivity contribution in [2.24, 2.45) is 0 Å². The van der Waals surface area contributed by atoms with Gasteiger partial charge in [0, 0.05) is 6.42 Å². The summed E-state index contributed by atoms with van der Waals surface area (Å²) in [5, 5.41) is 11.0. The molecule has 0 aliphatic rings. The van der Waals surface area contributed by atoms with Crippen molar-refractivity contribution in [3.8, 4) is 0 Å². The van der Waals surface area contributed by atoms with Gasteiger partial charge in [-0.05, 0) is 13.5 Å². The first-order valence-corrected chi connectivity index (χ1v) is 3.88. The lowest BCUT2D eigenvalue weighted by atomic mass is 10.1. The molecule has 0 aliphatic heterocycles. The number of likely N-dealkylation sites (N-methyl/N-ethyl adjacent to an activating group) is 1. The summed E-state index contributed by atoms with van der Waals surface area (Å²) in [7, 11) is 3.41. The average molecular weight is 193 g/mol. The quantitative estimate of drug-likeness (QED) is 0.590. The normalized spacial score (nSPS) is 12.2. The minimum atomic E-state index is -0.924. The van der Waals surface area contributed by atoms with E-state index < -0.39 is 18.0 Å². The Morgan fingerprint density at radius 2 is 2.25 bits per heavy atom. The Bertz CT molecular complexity index is 173. The number of hydrogen-bond acceptors (Lipinski definition) is 4. The molecule has 2 atom stereocenters. The van der Waals surface area contributed by atoms with E-state index in [0.29, 0.717) is 0 Å². The molecular weight excluding hydrogens is 181 g/mol. The molecule has 0 radical (unpaired) electrons. The standard InChI is InChI=1S/C6H12NO4P/c1-7-4(6(10)11-12)2-3-5(8)9/h4,7H,2-3,12H2,1H3,(H,8,9). The molecule has 0 spiro atoms. The fraction of sp³-hybridized carbons (Fsp3) is 0.667. The van der Waals surface area contributed by atoms with Crippen molar-refractivity contribution in [1.82, 2.24) is 5.32 Å². The Morgan fingerprint density at radius 1 is 1.67 bits per heavy atom. The van der Waals surface area contributed by atoms with Crippen LogP contribution in [0.1, 0.15) is 12.8 Å². The van der Waals surface area contributed by atoms with E-state index in [2.05, 4.69) is 9.84 Å². The molecule has 5 nitrogen and oxygen atoms in total. The minimum absolute atomic E-state index is 0.0503. The molecule has 2 N–H and O–H groups in total. The minimum Gasteiger partial charge on any atom is -0.481 e. The molecule has 0 aliphatic carbocycles. The summed E-state index contributed by atoms with van der Waals surface area (Å²) in [5.74, 6) is -1.39. The fourth-order valence-corrected chi connectivity index (χ4v) is 0.894. The van der Waals surface area contributed by atoms with Gasteiger partial charge in [-0.25, -0.2) is 0 Å². The monoisotopic (exact) mass is 193 g/mol. The smallest absolute Gasteiger partial charge is 0.325 e. The van der Waals surface area contributed by atoms with Crippen LogP contribution in [0.4, 0.5) is 0 Å². The second-order valence-corrected chi connectivity index (χ2v) is 2.45. The van der Waals surface area contributed by atoms with Crippen molar-refractivity contribution in [2.75, 3.05) is 7.05 Å². The Hall–Kier alpha value is -0.670. The highest BCUT2D eigenvalue weighted by molar-refractivity contribution is 7.10. The van der Waals surface area contributed by atoms with Crippen LogP contribution in [-0.4, -0.2) is 30.1 Å². The zero-order chi connectivity index (χ0) is 9.56. The molecule has 0 saturated heterocycles. The Balaban J connectivity index is 3.83. The summed E-state index contributed by atoms with van der Waals surface area (Å²) in [4.78, 5) is 21.0. The lowest BCUT2D eigenvalue weighted by Crippen LogP contribution is -2.34. The van der Waals surface area contributed by atoms with Gasteiger partial charge < -0.3 is 14.9 Å². The van der Waals surface area contributed by atoms with Gasteiger partial charge >= 0.3 is 11.9 Å². The summed E-state index contributed by atoms with van der Waals surface area (Å²) in [6.45, 7) is 0. The van der Waals surface area contributed by atoms with Crippen LogP contribution in [0.25, 0.3) is 0 Å². The lowest BCUT2D eigenvalue weighted by Gasteiger charge is -2.11. The molecule has 0 fully saturated rings. The van der Waals surface area contributed by atoms with Crippen LogP contribution in [0.2, 0.25) is 0 Å². The average Bonchev–Trinajstić information content (AvgIpc) is 2.04. The van der Waals surface area contributed by atoms with Gasteiger partial charge in [-0.15, -0.1) is 0 Å². The maximum Gasteiger partial charge on any atom is 0.325 e. The van der Waals surface area contributed by atoms with E-state index in [1.807, 2.05) is 9.47 Å². The van der Waals surface area contributed by atoms with Gasteiger partial charge in [-0.2, -0.15) is 0 Å². The highest BCUT2D eigenvalue weighted by Gasteiger charge is 2.17. The molecular formula is C6H12NO4P. The van der Waals surface area contributed by atoms with Gasteiger partial charge in [0.2, 0.25) is 0 Å². The first-order valence-electron chi connectivity index (χ1n) is 3.41. The predicted octanol–water partition coefficient (Wildman–Crippen LogP) is -0.228. The van der Waals surface area contributed by atoms with Crippen molar-refractivity contribution < 1.29 is 19.2 Å². The first-order chi connectivity index (χ1) is 5.61. The van der Waals surface area contributed by atoms with Crippen LogP contribution < -0.4 is 5.32 Å².